The molecule has 0 aliphatic carbocycles. The third-order valence-corrected chi connectivity index (χ3v) is 4.26. The van der Waals surface area contributed by atoms with Gasteiger partial charge in [-0.2, -0.15) is 21.6 Å². The van der Waals surface area contributed by atoms with Crippen molar-refractivity contribution < 1.29 is 35.6 Å². The Morgan fingerprint density at radius 1 is 1.33 bits per heavy atom. The van der Waals surface area contributed by atoms with Crippen molar-refractivity contribution in [3.05, 3.63) is 23.3 Å². The lowest BCUT2D eigenvalue weighted by atomic mass is 9.85. The van der Waals surface area contributed by atoms with Crippen molar-refractivity contribution in [3.63, 3.8) is 0 Å². The van der Waals surface area contributed by atoms with Gasteiger partial charge in [0.25, 0.3) is 0 Å². The highest BCUT2D eigenvalue weighted by Crippen LogP contribution is 2.46. The van der Waals surface area contributed by atoms with Gasteiger partial charge in [0.15, 0.2) is 0 Å². The molecule has 1 atom stereocenters. The highest BCUT2D eigenvalue weighted by atomic mass is 32.2. The molecule has 1 aliphatic rings. The molecule has 0 aromatic heterocycles. The van der Waals surface area contributed by atoms with E-state index in [1.165, 1.54) is 6.92 Å². The maximum atomic E-state index is 12.3. The van der Waals surface area contributed by atoms with Crippen molar-refractivity contribution in [2.45, 2.75) is 38.0 Å². The number of halogens is 3. The van der Waals surface area contributed by atoms with E-state index in [2.05, 4.69) is 4.18 Å². The first-order valence-corrected chi connectivity index (χ1v) is 7.27. The fourth-order valence-electron chi connectivity index (χ4n) is 1.99. The van der Waals surface area contributed by atoms with Gasteiger partial charge in [-0.25, -0.2) is 0 Å². The summed E-state index contributed by atoms with van der Waals surface area (Å²) in [6.45, 7) is 4.75. The Kier molecular flexibility index (Phi) is 3.41. The second-order valence-corrected chi connectivity index (χ2v) is 6.83. The third-order valence-electron chi connectivity index (χ3n) is 3.28. The normalized spacial score (nSPS) is 20.8. The van der Waals surface area contributed by atoms with E-state index in [0.717, 1.165) is 12.1 Å². The topological polar surface area (TPSA) is 72.8 Å². The van der Waals surface area contributed by atoms with Crippen LogP contribution >= 0.6 is 0 Å². The minimum absolute atomic E-state index is 0.309. The van der Waals surface area contributed by atoms with Crippen LogP contribution in [0.3, 0.4) is 0 Å². The SMILES string of the molecule is Cc1cc(OS(=O)(=O)C(F)(F)F)cc2c1OC(O)C2(C)C. The van der Waals surface area contributed by atoms with Crippen LogP contribution in [0.2, 0.25) is 0 Å². The van der Waals surface area contributed by atoms with Crippen molar-refractivity contribution in [1.29, 1.82) is 0 Å². The third kappa shape index (κ3) is 2.55. The zero-order valence-corrected chi connectivity index (χ0v) is 12.2. The lowest BCUT2D eigenvalue weighted by Crippen LogP contribution is -2.31. The quantitative estimate of drug-likeness (QED) is 0.666. The summed E-state index contributed by atoms with van der Waals surface area (Å²) in [6, 6.07) is 2.23. The van der Waals surface area contributed by atoms with Crippen LogP contribution in [0.4, 0.5) is 13.2 Å². The summed E-state index contributed by atoms with van der Waals surface area (Å²) in [5.74, 6) is -0.168. The molecule has 1 heterocycles. The standard InChI is InChI=1S/C12H13F3O5S/c1-6-4-7(20-21(17,18)12(13,14)15)5-8-9(6)19-10(16)11(8,2)3/h4-5,10,16H,1-3H3. The van der Waals surface area contributed by atoms with Crippen LogP contribution in [0, 0.1) is 6.92 Å². The highest BCUT2D eigenvalue weighted by molar-refractivity contribution is 7.88. The van der Waals surface area contributed by atoms with Crippen molar-refractivity contribution in [2.75, 3.05) is 0 Å². The molecule has 2 rings (SSSR count). The molecule has 1 N–H and O–H groups in total. The number of alkyl halides is 3. The number of rotatable bonds is 2. The lowest BCUT2D eigenvalue weighted by Gasteiger charge is -2.20. The van der Waals surface area contributed by atoms with Crippen molar-refractivity contribution in [2.24, 2.45) is 0 Å². The Morgan fingerprint density at radius 2 is 1.90 bits per heavy atom. The fourth-order valence-corrected chi connectivity index (χ4v) is 2.43. The first kappa shape index (κ1) is 15.9. The molecule has 0 radical (unpaired) electrons. The molecule has 9 heteroatoms. The van der Waals surface area contributed by atoms with Crippen LogP contribution in [0.5, 0.6) is 11.5 Å². The van der Waals surface area contributed by atoms with Gasteiger partial charge in [-0.1, -0.05) is 0 Å². The second kappa shape index (κ2) is 4.51. The van der Waals surface area contributed by atoms with E-state index in [0.29, 0.717) is 16.9 Å². The molecule has 0 spiro atoms. The fraction of sp³-hybridized carbons (Fsp3) is 0.500. The van der Waals surface area contributed by atoms with E-state index < -0.39 is 33.1 Å². The second-order valence-electron chi connectivity index (χ2n) is 5.29. The molecule has 0 amide bonds. The zero-order valence-electron chi connectivity index (χ0n) is 11.4. The molecule has 1 unspecified atom stereocenters. The van der Waals surface area contributed by atoms with E-state index >= 15 is 0 Å². The maximum absolute atomic E-state index is 12.3. The minimum atomic E-state index is -5.74. The predicted molar refractivity (Wildman–Crippen MR) is 66.4 cm³/mol. The van der Waals surface area contributed by atoms with Gasteiger partial charge in [-0.05, 0) is 38.5 Å². The molecule has 0 fully saturated rings. The van der Waals surface area contributed by atoms with Gasteiger partial charge in [0, 0.05) is 5.56 Å². The number of hydrogen-bond acceptors (Lipinski definition) is 5. The predicted octanol–water partition coefficient (Wildman–Crippen LogP) is 2.21. The highest BCUT2D eigenvalue weighted by Gasteiger charge is 2.49. The molecule has 21 heavy (non-hydrogen) atoms. The average Bonchev–Trinajstić information content (AvgIpc) is 2.50. The van der Waals surface area contributed by atoms with Gasteiger partial charge in [0.1, 0.15) is 11.5 Å². The summed E-state index contributed by atoms with van der Waals surface area (Å²) in [6.07, 6.45) is -1.18. The van der Waals surface area contributed by atoms with E-state index in [-0.39, 0.29) is 0 Å². The van der Waals surface area contributed by atoms with Gasteiger partial charge < -0.3 is 14.0 Å². The Bertz CT molecular complexity index is 679. The van der Waals surface area contributed by atoms with E-state index in [4.69, 9.17) is 4.74 Å². The van der Waals surface area contributed by atoms with Crippen molar-refractivity contribution in [3.8, 4) is 11.5 Å². The largest absolute Gasteiger partial charge is 0.534 e. The Labute approximate surface area is 119 Å². The summed E-state index contributed by atoms with van der Waals surface area (Å²) in [4.78, 5) is 0. The molecule has 1 aromatic rings. The van der Waals surface area contributed by atoms with Crippen molar-refractivity contribution in [1.82, 2.24) is 0 Å². The maximum Gasteiger partial charge on any atom is 0.534 e. The average molecular weight is 326 g/mol. The van der Waals surface area contributed by atoms with Gasteiger partial charge in [0.2, 0.25) is 6.29 Å². The summed E-state index contributed by atoms with van der Waals surface area (Å²) in [5, 5.41) is 9.79. The smallest absolute Gasteiger partial charge is 0.464 e. The van der Waals surface area contributed by atoms with Gasteiger partial charge in [0.05, 0.1) is 5.41 Å². The summed E-state index contributed by atoms with van der Waals surface area (Å²) < 4.78 is 68.4. The molecule has 1 aliphatic heterocycles. The number of aliphatic hydroxyl groups excluding tert-OH is 1. The molecular formula is C12H13F3O5S. The van der Waals surface area contributed by atoms with Crippen LogP contribution in [0.1, 0.15) is 25.0 Å². The number of aryl methyl sites for hydroxylation is 1. The number of aliphatic hydroxyl groups is 1. The van der Waals surface area contributed by atoms with Crippen LogP contribution in [-0.4, -0.2) is 25.3 Å². The Balaban J connectivity index is 2.48. The van der Waals surface area contributed by atoms with E-state index in [9.17, 15) is 26.7 Å². The number of benzene rings is 1. The molecule has 118 valence electrons. The van der Waals surface area contributed by atoms with E-state index in [1.807, 2.05) is 0 Å². The first-order valence-electron chi connectivity index (χ1n) is 5.87. The molecule has 5 nitrogen and oxygen atoms in total. The number of ether oxygens (including phenoxy) is 1. The lowest BCUT2D eigenvalue weighted by molar-refractivity contribution is -0.0500. The van der Waals surface area contributed by atoms with Crippen LogP contribution in [0.15, 0.2) is 12.1 Å². The molecule has 1 aromatic carbocycles. The summed E-state index contributed by atoms with van der Waals surface area (Å²) in [7, 11) is -5.74. The number of hydrogen-bond donors (Lipinski definition) is 1. The minimum Gasteiger partial charge on any atom is -0.464 e. The Hall–Kier alpha value is -1.48. The first-order chi connectivity index (χ1) is 9.36. The molecular weight excluding hydrogens is 313 g/mol. The molecule has 0 bridgehead atoms. The van der Waals surface area contributed by atoms with Crippen LogP contribution in [-0.2, 0) is 15.5 Å². The summed E-state index contributed by atoms with van der Waals surface area (Å²) >= 11 is 0. The van der Waals surface area contributed by atoms with Gasteiger partial charge >= 0.3 is 15.6 Å². The van der Waals surface area contributed by atoms with E-state index in [1.54, 1.807) is 13.8 Å². The van der Waals surface area contributed by atoms with Crippen LogP contribution < -0.4 is 8.92 Å². The zero-order chi connectivity index (χ0) is 16.2. The van der Waals surface area contributed by atoms with Gasteiger partial charge in [-0.15, -0.1) is 0 Å². The Morgan fingerprint density at radius 3 is 2.43 bits per heavy atom. The monoisotopic (exact) mass is 326 g/mol. The summed E-state index contributed by atoms with van der Waals surface area (Å²) in [5.41, 5.74) is -5.67. The van der Waals surface area contributed by atoms with Crippen LogP contribution in [0.25, 0.3) is 0 Å². The van der Waals surface area contributed by atoms with Crippen molar-refractivity contribution >= 4 is 10.1 Å². The molecule has 0 saturated carbocycles. The number of fused-ring (bicyclic) bond motifs is 1. The van der Waals surface area contributed by atoms with Gasteiger partial charge in [-0.3, -0.25) is 0 Å². The molecule has 0 saturated heterocycles.